The maximum atomic E-state index is 11.7. The highest BCUT2D eigenvalue weighted by molar-refractivity contribution is 7.79. The van der Waals surface area contributed by atoms with E-state index in [0.29, 0.717) is 19.0 Å². The molecule has 5 heteroatoms. The molecule has 1 rings (SSSR count). The molecule has 156 valence electrons. The van der Waals surface area contributed by atoms with Gasteiger partial charge in [-0.3, -0.25) is 4.21 Å². The van der Waals surface area contributed by atoms with Gasteiger partial charge in [-0.2, -0.15) is 0 Å². The second-order valence-electron chi connectivity index (χ2n) is 9.04. The van der Waals surface area contributed by atoms with E-state index in [1.807, 2.05) is 6.07 Å². The zero-order valence-corrected chi connectivity index (χ0v) is 18.7. The van der Waals surface area contributed by atoms with Crippen molar-refractivity contribution in [2.45, 2.75) is 84.0 Å². The summed E-state index contributed by atoms with van der Waals surface area (Å²) in [5.74, 6) is 0.397. The molecule has 0 spiro atoms. The van der Waals surface area contributed by atoms with Crippen molar-refractivity contribution in [3.05, 3.63) is 23.8 Å². The highest BCUT2D eigenvalue weighted by Gasteiger charge is 2.28. The largest absolute Gasteiger partial charge is 0.768 e. The third kappa shape index (κ3) is 9.22. The van der Waals surface area contributed by atoms with Gasteiger partial charge in [-0.05, 0) is 52.4 Å². The van der Waals surface area contributed by atoms with E-state index in [1.165, 1.54) is 19.3 Å². The van der Waals surface area contributed by atoms with Crippen molar-refractivity contribution >= 4 is 11.1 Å². The predicted molar refractivity (Wildman–Crippen MR) is 111 cm³/mol. The van der Waals surface area contributed by atoms with Crippen LogP contribution in [-0.2, 0) is 21.2 Å². The lowest BCUT2D eigenvalue weighted by molar-refractivity contribution is 0.0961. The van der Waals surface area contributed by atoms with Crippen molar-refractivity contribution < 1.29 is 18.2 Å². The van der Waals surface area contributed by atoms with Crippen LogP contribution in [0.4, 0.5) is 0 Å². The average molecular weight is 398 g/mol. The molecule has 0 aliphatic heterocycles. The topological polar surface area (TPSA) is 58.6 Å². The Hall–Kier alpha value is -0.910. The summed E-state index contributed by atoms with van der Waals surface area (Å²) in [5, 5.41) is 0. The fourth-order valence-corrected chi connectivity index (χ4v) is 4.06. The number of hydrogen-bond donors (Lipinski definition) is 0. The van der Waals surface area contributed by atoms with Crippen LogP contribution in [0.25, 0.3) is 0 Å². The monoisotopic (exact) mass is 397 g/mol. The van der Waals surface area contributed by atoms with Gasteiger partial charge in [0.05, 0.1) is 11.5 Å². The lowest BCUT2D eigenvalue weighted by Crippen LogP contribution is -2.25. The minimum atomic E-state index is -2.34. The molecule has 0 N–H and O–H groups in total. The second kappa shape index (κ2) is 11.2. The zero-order valence-electron chi connectivity index (χ0n) is 17.9. The molecule has 0 fully saturated rings. The van der Waals surface area contributed by atoms with E-state index in [9.17, 15) is 8.76 Å². The number of hydrogen-bond acceptors (Lipinski definition) is 4. The smallest absolute Gasteiger partial charge is 0.134 e. The lowest BCUT2D eigenvalue weighted by Gasteiger charge is -2.33. The van der Waals surface area contributed by atoms with Crippen LogP contribution in [0.5, 0.6) is 5.75 Å². The van der Waals surface area contributed by atoms with Crippen molar-refractivity contribution in [1.82, 2.24) is 0 Å². The van der Waals surface area contributed by atoms with Gasteiger partial charge >= 0.3 is 0 Å². The van der Waals surface area contributed by atoms with Crippen LogP contribution in [0.15, 0.2) is 23.1 Å². The van der Waals surface area contributed by atoms with Crippen molar-refractivity contribution in [2.75, 3.05) is 19.8 Å². The number of benzene rings is 1. The summed E-state index contributed by atoms with van der Waals surface area (Å²) in [6, 6.07) is 5.49. The Morgan fingerprint density at radius 3 is 2.30 bits per heavy atom. The minimum absolute atomic E-state index is 0.119. The van der Waals surface area contributed by atoms with Gasteiger partial charge in [0.2, 0.25) is 0 Å². The summed E-state index contributed by atoms with van der Waals surface area (Å²) >= 11 is -2.34. The first kappa shape index (κ1) is 24.1. The molecular formula is C22H37O4S-. The first-order valence-electron chi connectivity index (χ1n) is 10.0. The molecule has 0 aromatic heterocycles. The molecule has 1 unspecified atom stereocenters. The minimum Gasteiger partial charge on any atom is -0.768 e. The molecule has 0 heterocycles. The van der Waals surface area contributed by atoms with Gasteiger partial charge in [-0.25, -0.2) is 0 Å². The molecule has 1 atom stereocenters. The van der Waals surface area contributed by atoms with E-state index in [-0.39, 0.29) is 15.7 Å². The Morgan fingerprint density at radius 1 is 1.00 bits per heavy atom. The van der Waals surface area contributed by atoms with Crippen molar-refractivity contribution in [2.24, 2.45) is 5.41 Å². The second-order valence-corrected chi connectivity index (χ2v) is 9.95. The van der Waals surface area contributed by atoms with Gasteiger partial charge in [-0.15, -0.1) is 0 Å². The van der Waals surface area contributed by atoms with Crippen LogP contribution in [0.1, 0.15) is 79.2 Å². The summed E-state index contributed by atoms with van der Waals surface area (Å²) in [6.07, 6.45) is 5.64. The van der Waals surface area contributed by atoms with Crippen LogP contribution in [0.2, 0.25) is 0 Å². The van der Waals surface area contributed by atoms with E-state index in [4.69, 9.17) is 9.47 Å². The first-order valence-corrected chi connectivity index (χ1v) is 11.1. The van der Waals surface area contributed by atoms with E-state index in [1.54, 1.807) is 12.1 Å². The summed E-state index contributed by atoms with van der Waals surface area (Å²) in [5.41, 5.74) is 1.05. The molecule has 27 heavy (non-hydrogen) atoms. The summed E-state index contributed by atoms with van der Waals surface area (Å²) in [4.78, 5) is 0.220. The normalized spacial score (nSPS) is 13.6. The van der Waals surface area contributed by atoms with E-state index in [0.717, 1.165) is 25.0 Å². The molecule has 0 aliphatic rings. The summed E-state index contributed by atoms with van der Waals surface area (Å²) in [7, 11) is 0. The lowest BCUT2D eigenvalue weighted by atomic mass is 9.72. The molecule has 0 bridgehead atoms. The Kier molecular flexibility index (Phi) is 9.99. The van der Waals surface area contributed by atoms with E-state index >= 15 is 0 Å². The SMILES string of the molecule is CCCCCCOCCOc1ccc(C(C)(C)CC(C)(C)C)cc1S(=O)[O-]. The molecular weight excluding hydrogens is 360 g/mol. The van der Waals surface area contributed by atoms with Gasteiger partial charge in [0.15, 0.2) is 0 Å². The fourth-order valence-electron chi connectivity index (χ4n) is 3.55. The molecule has 0 amide bonds. The molecule has 0 radical (unpaired) electrons. The Labute approximate surface area is 168 Å². The van der Waals surface area contributed by atoms with E-state index < -0.39 is 11.1 Å². The molecule has 0 aliphatic carbocycles. The highest BCUT2D eigenvalue weighted by atomic mass is 32.2. The van der Waals surface area contributed by atoms with Crippen LogP contribution in [0.3, 0.4) is 0 Å². The maximum Gasteiger partial charge on any atom is 0.134 e. The molecule has 0 saturated heterocycles. The number of unbranched alkanes of at least 4 members (excludes halogenated alkanes) is 3. The fraction of sp³-hybridized carbons (Fsp3) is 0.727. The van der Waals surface area contributed by atoms with Gasteiger partial charge in [0.25, 0.3) is 0 Å². The Morgan fingerprint density at radius 2 is 1.70 bits per heavy atom. The van der Waals surface area contributed by atoms with Crippen LogP contribution in [0, 0.1) is 5.41 Å². The highest BCUT2D eigenvalue weighted by Crippen LogP contribution is 2.38. The van der Waals surface area contributed by atoms with Crippen LogP contribution in [-0.4, -0.2) is 28.6 Å². The summed E-state index contributed by atoms with van der Waals surface area (Å²) < 4.78 is 34.7. The van der Waals surface area contributed by atoms with Gasteiger partial charge in [0, 0.05) is 6.61 Å². The Bertz CT molecular complexity index is 590. The predicted octanol–water partition coefficient (Wildman–Crippen LogP) is 5.61. The van der Waals surface area contributed by atoms with Gasteiger partial charge in [0.1, 0.15) is 12.4 Å². The molecule has 1 aromatic carbocycles. The third-order valence-corrected chi connectivity index (χ3v) is 5.18. The number of rotatable bonds is 12. The average Bonchev–Trinajstić information content (AvgIpc) is 2.55. The van der Waals surface area contributed by atoms with E-state index in [2.05, 4.69) is 41.5 Å². The van der Waals surface area contributed by atoms with Crippen molar-refractivity contribution in [1.29, 1.82) is 0 Å². The molecule has 1 aromatic rings. The Balaban J connectivity index is 2.67. The van der Waals surface area contributed by atoms with Crippen molar-refractivity contribution in [3.8, 4) is 5.75 Å². The van der Waals surface area contributed by atoms with Crippen molar-refractivity contribution in [3.63, 3.8) is 0 Å². The molecule has 0 saturated carbocycles. The molecule has 4 nitrogen and oxygen atoms in total. The third-order valence-electron chi connectivity index (χ3n) is 4.50. The van der Waals surface area contributed by atoms with Crippen LogP contribution >= 0.6 is 0 Å². The number of ether oxygens (including phenoxy) is 2. The summed E-state index contributed by atoms with van der Waals surface area (Å²) in [6.45, 7) is 14.6. The zero-order chi connectivity index (χ0) is 20.5. The quantitative estimate of drug-likeness (QED) is 0.339. The first-order chi connectivity index (χ1) is 12.6. The maximum absolute atomic E-state index is 11.7. The standard InChI is InChI=1S/C22H38O4S/c1-7-8-9-10-13-25-14-15-26-19-12-11-18(16-20(19)27(23)24)22(5,6)17-21(2,3)4/h11-12,16H,7-10,13-15,17H2,1-6H3,(H,23,24)/p-1. The van der Waals surface area contributed by atoms with Gasteiger partial charge in [-0.1, -0.05) is 66.9 Å². The van der Waals surface area contributed by atoms with Gasteiger partial charge < -0.3 is 14.0 Å². The van der Waals surface area contributed by atoms with Crippen LogP contribution < -0.4 is 4.74 Å².